The van der Waals surface area contributed by atoms with Crippen molar-refractivity contribution >= 4 is 5.69 Å². The number of benzene rings is 1. The Hall–Kier alpha value is -1.84. The van der Waals surface area contributed by atoms with E-state index in [1.807, 2.05) is 12.1 Å². The molecule has 0 saturated heterocycles. The van der Waals surface area contributed by atoms with Crippen LogP contribution >= 0.6 is 0 Å². The second-order valence-corrected chi connectivity index (χ2v) is 5.06. The molecule has 0 radical (unpaired) electrons. The standard InChI is InChI=1S/C14H20N4/c1-11(2)8-12(3)17-13-4-6-14(7-5-13)18-10-15-9-16-18/h4-7,9-12,17H,8H2,1-3H3. The van der Waals surface area contributed by atoms with Gasteiger partial charge in [0.25, 0.3) is 0 Å². The van der Waals surface area contributed by atoms with Crippen LogP contribution in [-0.2, 0) is 0 Å². The summed E-state index contributed by atoms with van der Waals surface area (Å²) in [5.74, 6) is 0.710. The van der Waals surface area contributed by atoms with E-state index in [9.17, 15) is 0 Å². The molecular weight excluding hydrogens is 224 g/mol. The maximum atomic E-state index is 4.10. The highest BCUT2D eigenvalue weighted by Gasteiger charge is 2.05. The first-order valence-corrected chi connectivity index (χ1v) is 6.36. The quantitative estimate of drug-likeness (QED) is 0.878. The highest BCUT2D eigenvalue weighted by molar-refractivity contribution is 5.48. The minimum absolute atomic E-state index is 0.488. The number of rotatable bonds is 5. The Morgan fingerprint density at radius 3 is 2.44 bits per heavy atom. The Bertz CT molecular complexity index is 459. The van der Waals surface area contributed by atoms with E-state index in [-0.39, 0.29) is 0 Å². The van der Waals surface area contributed by atoms with Crippen LogP contribution in [0.3, 0.4) is 0 Å². The van der Waals surface area contributed by atoms with Crippen LogP contribution in [0.25, 0.3) is 5.69 Å². The lowest BCUT2D eigenvalue weighted by atomic mass is 10.1. The molecule has 4 heteroatoms. The second kappa shape index (κ2) is 5.67. The number of hydrogen-bond donors (Lipinski definition) is 1. The van der Waals surface area contributed by atoms with Gasteiger partial charge in [-0.3, -0.25) is 0 Å². The molecule has 1 atom stereocenters. The van der Waals surface area contributed by atoms with Crippen molar-refractivity contribution in [2.75, 3.05) is 5.32 Å². The van der Waals surface area contributed by atoms with E-state index in [4.69, 9.17) is 0 Å². The van der Waals surface area contributed by atoms with Crippen molar-refractivity contribution in [2.45, 2.75) is 33.2 Å². The molecule has 0 aliphatic rings. The zero-order valence-electron chi connectivity index (χ0n) is 11.2. The fourth-order valence-corrected chi connectivity index (χ4v) is 2.10. The topological polar surface area (TPSA) is 42.7 Å². The van der Waals surface area contributed by atoms with E-state index in [1.54, 1.807) is 11.0 Å². The molecule has 96 valence electrons. The number of hydrogen-bond acceptors (Lipinski definition) is 3. The Morgan fingerprint density at radius 2 is 1.89 bits per heavy atom. The molecule has 1 aromatic heterocycles. The normalized spacial score (nSPS) is 12.7. The predicted molar refractivity (Wildman–Crippen MR) is 73.9 cm³/mol. The Morgan fingerprint density at radius 1 is 1.17 bits per heavy atom. The molecule has 0 aliphatic carbocycles. The summed E-state index contributed by atoms with van der Waals surface area (Å²) in [4.78, 5) is 3.94. The van der Waals surface area contributed by atoms with Crippen molar-refractivity contribution in [2.24, 2.45) is 5.92 Å². The van der Waals surface area contributed by atoms with Crippen molar-refractivity contribution in [3.8, 4) is 5.69 Å². The van der Waals surface area contributed by atoms with Gasteiger partial charge in [0.1, 0.15) is 12.7 Å². The summed E-state index contributed by atoms with van der Waals surface area (Å²) in [6.07, 6.45) is 4.41. The molecule has 1 N–H and O–H groups in total. The molecule has 0 saturated carbocycles. The molecule has 0 spiro atoms. The summed E-state index contributed by atoms with van der Waals surface area (Å²) in [7, 11) is 0. The Kier molecular flexibility index (Phi) is 3.97. The third-order valence-corrected chi connectivity index (χ3v) is 2.79. The van der Waals surface area contributed by atoms with E-state index < -0.39 is 0 Å². The summed E-state index contributed by atoms with van der Waals surface area (Å²) in [5, 5.41) is 7.60. The fourth-order valence-electron chi connectivity index (χ4n) is 2.10. The van der Waals surface area contributed by atoms with Crippen molar-refractivity contribution in [3.63, 3.8) is 0 Å². The number of aromatic nitrogens is 3. The average Bonchev–Trinajstić information content (AvgIpc) is 2.82. The van der Waals surface area contributed by atoms with Gasteiger partial charge in [-0.05, 0) is 43.5 Å². The highest BCUT2D eigenvalue weighted by Crippen LogP contribution is 2.15. The predicted octanol–water partition coefficient (Wildman–Crippen LogP) is 3.11. The average molecular weight is 244 g/mol. The molecule has 0 bridgehead atoms. The van der Waals surface area contributed by atoms with Gasteiger partial charge in [0.05, 0.1) is 5.69 Å². The molecule has 1 aromatic carbocycles. The maximum Gasteiger partial charge on any atom is 0.138 e. The van der Waals surface area contributed by atoms with Crippen molar-refractivity contribution in [1.29, 1.82) is 0 Å². The van der Waals surface area contributed by atoms with Crippen LogP contribution < -0.4 is 5.32 Å². The summed E-state index contributed by atoms with van der Waals surface area (Å²) >= 11 is 0. The zero-order chi connectivity index (χ0) is 13.0. The number of anilines is 1. The summed E-state index contributed by atoms with van der Waals surface area (Å²) < 4.78 is 1.75. The first-order chi connectivity index (χ1) is 8.65. The van der Waals surface area contributed by atoms with E-state index in [1.165, 1.54) is 12.7 Å². The van der Waals surface area contributed by atoms with Crippen LogP contribution in [0.1, 0.15) is 27.2 Å². The summed E-state index contributed by atoms with van der Waals surface area (Å²) in [5.41, 5.74) is 2.17. The Balaban J connectivity index is 2.00. The van der Waals surface area contributed by atoms with Crippen LogP contribution in [0.2, 0.25) is 0 Å². The van der Waals surface area contributed by atoms with Crippen LogP contribution in [0, 0.1) is 5.92 Å². The van der Waals surface area contributed by atoms with Crippen LogP contribution in [0.5, 0.6) is 0 Å². The fraction of sp³-hybridized carbons (Fsp3) is 0.429. The van der Waals surface area contributed by atoms with E-state index in [0.29, 0.717) is 12.0 Å². The minimum Gasteiger partial charge on any atom is -0.383 e. The van der Waals surface area contributed by atoms with Crippen molar-refractivity contribution in [1.82, 2.24) is 14.8 Å². The molecule has 2 aromatic rings. The van der Waals surface area contributed by atoms with Gasteiger partial charge in [-0.1, -0.05) is 13.8 Å². The first-order valence-electron chi connectivity index (χ1n) is 6.36. The molecule has 0 fully saturated rings. The zero-order valence-corrected chi connectivity index (χ0v) is 11.2. The number of nitrogens with one attached hydrogen (secondary N) is 1. The lowest BCUT2D eigenvalue weighted by Crippen LogP contribution is -2.17. The van der Waals surface area contributed by atoms with Gasteiger partial charge < -0.3 is 5.32 Å². The van der Waals surface area contributed by atoms with Gasteiger partial charge >= 0.3 is 0 Å². The monoisotopic (exact) mass is 244 g/mol. The minimum atomic E-state index is 0.488. The van der Waals surface area contributed by atoms with Crippen LogP contribution in [0.15, 0.2) is 36.9 Å². The largest absolute Gasteiger partial charge is 0.383 e. The number of nitrogens with zero attached hydrogens (tertiary/aromatic N) is 3. The molecule has 1 unspecified atom stereocenters. The third-order valence-electron chi connectivity index (χ3n) is 2.79. The molecule has 0 aliphatic heterocycles. The lowest BCUT2D eigenvalue weighted by molar-refractivity contribution is 0.540. The molecule has 2 rings (SSSR count). The third kappa shape index (κ3) is 3.32. The maximum absolute atomic E-state index is 4.10. The van der Waals surface area contributed by atoms with E-state index >= 15 is 0 Å². The molecule has 4 nitrogen and oxygen atoms in total. The summed E-state index contributed by atoms with van der Waals surface area (Å²) in [6, 6.07) is 8.72. The second-order valence-electron chi connectivity index (χ2n) is 5.06. The summed E-state index contributed by atoms with van der Waals surface area (Å²) in [6.45, 7) is 6.70. The smallest absolute Gasteiger partial charge is 0.138 e. The van der Waals surface area contributed by atoms with Crippen LogP contribution in [0.4, 0.5) is 5.69 Å². The van der Waals surface area contributed by atoms with E-state index in [0.717, 1.165) is 11.4 Å². The molecule has 1 heterocycles. The van der Waals surface area contributed by atoms with Crippen LogP contribution in [-0.4, -0.2) is 20.8 Å². The van der Waals surface area contributed by atoms with Crippen molar-refractivity contribution < 1.29 is 0 Å². The van der Waals surface area contributed by atoms with Gasteiger partial charge in [0.15, 0.2) is 0 Å². The van der Waals surface area contributed by atoms with Gasteiger partial charge in [-0.2, -0.15) is 5.10 Å². The van der Waals surface area contributed by atoms with Gasteiger partial charge in [-0.15, -0.1) is 0 Å². The molecular formula is C14H20N4. The molecule has 18 heavy (non-hydrogen) atoms. The Labute approximate surface area is 108 Å². The van der Waals surface area contributed by atoms with Crippen molar-refractivity contribution in [3.05, 3.63) is 36.9 Å². The van der Waals surface area contributed by atoms with Gasteiger partial charge in [0.2, 0.25) is 0 Å². The van der Waals surface area contributed by atoms with Gasteiger partial charge in [-0.25, -0.2) is 9.67 Å². The lowest BCUT2D eigenvalue weighted by Gasteiger charge is -2.17. The molecule has 0 amide bonds. The first kappa shape index (κ1) is 12.6. The van der Waals surface area contributed by atoms with E-state index in [2.05, 4.69) is 48.3 Å². The van der Waals surface area contributed by atoms with Gasteiger partial charge in [0, 0.05) is 11.7 Å². The SMILES string of the molecule is CC(C)CC(C)Nc1ccc(-n2cncn2)cc1. The highest BCUT2D eigenvalue weighted by atomic mass is 15.3.